The van der Waals surface area contributed by atoms with Crippen LogP contribution in [0.2, 0.25) is 0 Å². The van der Waals surface area contributed by atoms with Gasteiger partial charge in [-0.3, -0.25) is 4.79 Å². The number of hydrogen-bond acceptors (Lipinski definition) is 4. The number of nitrogens with one attached hydrogen (secondary N) is 2. The van der Waals surface area contributed by atoms with Gasteiger partial charge in [0, 0.05) is 11.4 Å². The largest absolute Gasteiger partial charge is 0.339 e. The predicted octanol–water partition coefficient (Wildman–Crippen LogP) is 3.92. The van der Waals surface area contributed by atoms with Gasteiger partial charge in [0.25, 0.3) is 5.91 Å². The molecule has 0 saturated heterocycles. The normalized spacial score (nSPS) is 10.2. The molecule has 0 unspecified atom stereocenters. The Hall–Kier alpha value is -3.28. The number of carbonyl (C=O) groups is 1. The minimum absolute atomic E-state index is 0.196. The molecule has 5 nitrogen and oxygen atoms in total. The number of amides is 1. The van der Waals surface area contributed by atoms with E-state index in [1.54, 1.807) is 18.2 Å². The number of nitrogens with zero attached hydrogens (tertiary/aromatic N) is 2. The number of aromatic nitrogens is 2. The van der Waals surface area contributed by atoms with Crippen molar-refractivity contribution in [2.45, 2.75) is 6.92 Å². The monoisotopic (exact) mass is 322 g/mol. The van der Waals surface area contributed by atoms with Gasteiger partial charge >= 0.3 is 0 Å². The minimum atomic E-state index is -0.345. The van der Waals surface area contributed by atoms with Gasteiger partial charge in [-0.2, -0.15) is 0 Å². The Morgan fingerprint density at radius 3 is 2.50 bits per heavy atom. The first-order valence-corrected chi connectivity index (χ1v) is 7.33. The number of anilines is 3. The molecule has 0 saturated carbocycles. The van der Waals surface area contributed by atoms with Crippen LogP contribution in [0.5, 0.6) is 0 Å². The molecule has 24 heavy (non-hydrogen) atoms. The van der Waals surface area contributed by atoms with E-state index >= 15 is 0 Å². The molecule has 1 heterocycles. The molecule has 0 fully saturated rings. The molecule has 0 spiro atoms. The minimum Gasteiger partial charge on any atom is -0.339 e. The van der Waals surface area contributed by atoms with E-state index in [1.165, 1.54) is 24.5 Å². The Morgan fingerprint density at radius 1 is 1.00 bits per heavy atom. The Kier molecular flexibility index (Phi) is 4.47. The van der Waals surface area contributed by atoms with Crippen LogP contribution in [0.3, 0.4) is 0 Å². The maximum atomic E-state index is 13.1. The fourth-order valence-electron chi connectivity index (χ4n) is 2.14. The summed E-state index contributed by atoms with van der Waals surface area (Å²) in [5, 5.41) is 5.69. The smallest absolute Gasteiger partial charge is 0.275 e. The average Bonchev–Trinajstić information content (AvgIpc) is 2.55. The molecule has 1 aromatic heterocycles. The molecule has 0 radical (unpaired) electrons. The summed E-state index contributed by atoms with van der Waals surface area (Å²) in [6.45, 7) is 1.95. The maximum Gasteiger partial charge on any atom is 0.275 e. The van der Waals surface area contributed by atoms with Crippen molar-refractivity contribution in [2.75, 3.05) is 10.6 Å². The average molecular weight is 322 g/mol. The van der Waals surface area contributed by atoms with Gasteiger partial charge in [0.15, 0.2) is 0 Å². The molecule has 2 aromatic carbocycles. The molecule has 0 bridgehead atoms. The zero-order chi connectivity index (χ0) is 16.9. The van der Waals surface area contributed by atoms with Crippen molar-refractivity contribution in [3.63, 3.8) is 0 Å². The van der Waals surface area contributed by atoms with Crippen molar-refractivity contribution in [3.8, 4) is 0 Å². The van der Waals surface area contributed by atoms with E-state index in [4.69, 9.17) is 0 Å². The molecule has 2 N–H and O–H groups in total. The highest BCUT2D eigenvalue weighted by atomic mass is 19.1. The van der Waals surface area contributed by atoms with Gasteiger partial charge in [-0.25, -0.2) is 14.4 Å². The van der Waals surface area contributed by atoms with Gasteiger partial charge in [-0.1, -0.05) is 18.2 Å². The molecule has 120 valence electrons. The third kappa shape index (κ3) is 3.92. The fourth-order valence-corrected chi connectivity index (χ4v) is 2.14. The van der Waals surface area contributed by atoms with Crippen LogP contribution in [0.15, 0.2) is 60.9 Å². The molecular weight excluding hydrogens is 307 g/mol. The summed E-state index contributed by atoms with van der Waals surface area (Å²) in [6.07, 6.45) is 2.79. The van der Waals surface area contributed by atoms with Gasteiger partial charge in [-0.15, -0.1) is 0 Å². The zero-order valence-electron chi connectivity index (χ0n) is 13.0. The first kappa shape index (κ1) is 15.6. The van der Waals surface area contributed by atoms with Crippen molar-refractivity contribution < 1.29 is 9.18 Å². The Labute approximate surface area is 138 Å². The fraction of sp³-hybridized carbons (Fsp3) is 0.0556. The second-order valence-corrected chi connectivity index (χ2v) is 5.25. The van der Waals surface area contributed by atoms with E-state index in [0.717, 1.165) is 5.56 Å². The van der Waals surface area contributed by atoms with Crippen LogP contribution in [0, 0.1) is 12.7 Å². The number of halogens is 1. The van der Waals surface area contributed by atoms with Crippen LogP contribution < -0.4 is 10.6 Å². The number of hydrogen-bond donors (Lipinski definition) is 2. The van der Waals surface area contributed by atoms with E-state index in [0.29, 0.717) is 17.2 Å². The van der Waals surface area contributed by atoms with Crippen LogP contribution in [0.4, 0.5) is 21.6 Å². The quantitative estimate of drug-likeness (QED) is 0.764. The Balaban J connectivity index is 1.68. The van der Waals surface area contributed by atoms with E-state index in [2.05, 4.69) is 20.6 Å². The summed E-state index contributed by atoms with van der Waals surface area (Å²) in [7, 11) is 0. The summed E-state index contributed by atoms with van der Waals surface area (Å²) >= 11 is 0. The lowest BCUT2D eigenvalue weighted by Crippen LogP contribution is -2.14. The lowest BCUT2D eigenvalue weighted by molar-refractivity contribution is 0.102. The number of rotatable bonds is 4. The highest BCUT2D eigenvalue weighted by Crippen LogP contribution is 2.15. The van der Waals surface area contributed by atoms with E-state index in [9.17, 15) is 9.18 Å². The van der Waals surface area contributed by atoms with Gasteiger partial charge in [0.2, 0.25) is 0 Å². The van der Waals surface area contributed by atoms with Crippen molar-refractivity contribution >= 4 is 23.1 Å². The third-order valence-corrected chi connectivity index (χ3v) is 3.26. The molecule has 3 aromatic rings. The first-order valence-electron chi connectivity index (χ1n) is 7.33. The number of benzene rings is 2. The lowest BCUT2D eigenvalue weighted by Gasteiger charge is -2.07. The maximum absolute atomic E-state index is 13.1. The van der Waals surface area contributed by atoms with E-state index in [-0.39, 0.29) is 17.4 Å². The third-order valence-electron chi connectivity index (χ3n) is 3.26. The molecular formula is C18H15FN4O. The molecule has 3 rings (SSSR count). The van der Waals surface area contributed by atoms with Crippen molar-refractivity contribution in [2.24, 2.45) is 0 Å². The van der Waals surface area contributed by atoms with Crippen molar-refractivity contribution in [1.29, 1.82) is 0 Å². The van der Waals surface area contributed by atoms with Crippen molar-refractivity contribution in [3.05, 3.63) is 78.0 Å². The van der Waals surface area contributed by atoms with E-state index < -0.39 is 0 Å². The molecule has 0 aliphatic heterocycles. The molecule has 0 aliphatic carbocycles. The lowest BCUT2D eigenvalue weighted by atomic mass is 10.2. The predicted molar refractivity (Wildman–Crippen MR) is 90.8 cm³/mol. The highest BCUT2D eigenvalue weighted by molar-refractivity contribution is 6.02. The van der Waals surface area contributed by atoms with Gasteiger partial charge in [-0.05, 0) is 42.8 Å². The Bertz CT molecular complexity index is 865. The van der Waals surface area contributed by atoms with Crippen molar-refractivity contribution in [1.82, 2.24) is 9.97 Å². The van der Waals surface area contributed by atoms with Crippen LogP contribution >= 0.6 is 0 Å². The van der Waals surface area contributed by atoms with Gasteiger partial charge in [0.05, 0.1) is 12.4 Å². The number of aryl methyl sites for hydroxylation is 1. The van der Waals surface area contributed by atoms with Crippen LogP contribution in [0.25, 0.3) is 0 Å². The summed E-state index contributed by atoms with van der Waals surface area (Å²) in [4.78, 5) is 20.4. The van der Waals surface area contributed by atoms with Gasteiger partial charge < -0.3 is 10.6 Å². The first-order chi connectivity index (χ1) is 11.6. The van der Waals surface area contributed by atoms with E-state index in [1.807, 2.05) is 25.1 Å². The van der Waals surface area contributed by atoms with Crippen LogP contribution in [0.1, 0.15) is 16.1 Å². The molecule has 6 heteroatoms. The highest BCUT2D eigenvalue weighted by Gasteiger charge is 2.09. The van der Waals surface area contributed by atoms with Crippen LogP contribution in [-0.2, 0) is 0 Å². The molecule has 0 aliphatic rings. The number of carbonyl (C=O) groups excluding carboxylic acids is 1. The SMILES string of the molecule is Cc1cccc(NC(=O)c2cnc(Nc3cccc(F)c3)cn2)c1. The molecule has 1 amide bonds. The Morgan fingerprint density at radius 2 is 1.79 bits per heavy atom. The zero-order valence-corrected chi connectivity index (χ0v) is 13.0. The summed E-state index contributed by atoms with van der Waals surface area (Å²) in [6, 6.07) is 13.5. The second-order valence-electron chi connectivity index (χ2n) is 5.25. The van der Waals surface area contributed by atoms with Crippen LogP contribution in [-0.4, -0.2) is 15.9 Å². The topological polar surface area (TPSA) is 66.9 Å². The van der Waals surface area contributed by atoms with Gasteiger partial charge in [0.1, 0.15) is 17.3 Å². The standard InChI is InChI=1S/C18H15FN4O/c1-12-4-2-6-14(8-12)23-18(24)16-10-21-17(11-20-16)22-15-7-3-5-13(19)9-15/h2-11H,1H3,(H,21,22)(H,23,24). The summed E-state index contributed by atoms with van der Waals surface area (Å²) in [5.74, 6) is -0.264. The molecule has 0 atom stereocenters. The second kappa shape index (κ2) is 6.87. The summed E-state index contributed by atoms with van der Waals surface area (Å²) in [5.41, 5.74) is 2.50. The summed E-state index contributed by atoms with van der Waals surface area (Å²) < 4.78 is 13.1.